The second kappa shape index (κ2) is 8.44. The number of aromatic nitrogens is 3. The highest BCUT2D eigenvalue weighted by Crippen LogP contribution is 2.21. The van der Waals surface area contributed by atoms with Crippen LogP contribution >= 0.6 is 0 Å². The Morgan fingerprint density at radius 1 is 1.03 bits per heavy atom. The number of fused-ring (bicyclic) bond motifs is 1. The highest BCUT2D eigenvalue weighted by molar-refractivity contribution is 6.00. The molecule has 0 spiro atoms. The molecule has 0 aliphatic rings. The Hall–Kier alpha value is -4.20. The number of primary amides is 1. The standard InChI is InChI=1S/C22H20N6O2/c23-20(29)19(27-21(30)16-7-8-18-15(13-16)9-12-24-18)14-28(17-5-2-1-3-6-17)22-25-10-4-11-26-22/h1-13,19,24H,14H2,(H2,23,29)(H,27,30)/t19-/m0/s1. The first-order valence-electron chi connectivity index (χ1n) is 9.39. The number of para-hydroxylation sites is 1. The van der Waals surface area contributed by atoms with Crippen LogP contribution in [-0.2, 0) is 4.79 Å². The molecule has 8 nitrogen and oxygen atoms in total. The number of aromatic amines is 1. The van der Waals surface area contributed by atoms with E-state index in [1.807, 2.05) is 42.5 Å². The number of hydrogen-bond donors (Lipinski definition) is 3. The fourth-order valence-corrected chi connectivity index (χ4v) is 3.17. The molecule has 0 saturated heterocycles. The zero-order chi connectivity index (χ0) is 20.9. The minimum Gasteiger partial charge on any atom is -0.368 e. The average molecular weight is 400 g/mol. The van der Waals surface area contributed by atoms with E-state index in [4.69, 9.17) is 5.73 Å². The van der Waals surface area contributed by atoms with Gasteiger partial charge >= 0.3 is 0 Å². The smallest absolute Gasteiger partial charge is 0.252 e. The summed E-state index contributed by atoms with van der Waals surface area (Å²) in [6.07, 6.45) is 5.03. The SMILES string of the molecule is NC(=O)[C@H](CN(c1ccccc1)c1ncccn1)NC(=O)c1ccc2[nH]ccc2c1. The summed E-state index contributed by atoms with van der Waals surface area (Å²) in [5.74, 6) is -0.634. The summed E-state index contributed by atoms with van der Waals surface area (Å²) in [6.45, 7) is 0.0848. The first-order valence-corrected chi connectivity index (χ1v) is 9.39. The lowest BCUT2D eigenvalue weighted by atomic mass is 10.1. The lowest BCUT2D eigenvalue weighted by molar-refractivity contribution is -0.119. The fraction of sp³-hybridized carbons (Fsp3) is 0.0909. The van der Waals surface area contributed by atoms with Gasteiger partial charge in [0.1, 0.15) is 6.04 Å². The summed E-state index contributed by atoms with van der Waals surface area (Å²) in [5, 5.41) is 3.64. The van der Waals surface area contributed by atoms with Gasteiger partial charge in [-0.1, -0.05) is 18.2 Å². The third-order valence-electron chi connectivity index (χ3n) is 4.69. The molecule has 4 aromatic rings. The number of nitrogens with zero attached hydrogens (tertiary/aromatic N) is 3. The van der Waals surface area contributed by atoms with Crippen molar-refractivity contribution in [1.29, 1.82) is 0 Å². The van der Waals surface area contributed by atoms with Crippen LogP contribution in [0.2, 0.25) is 0 Å². The highest BCUT2D eigenvalue weighted by atomic mass is 16.2. The average Bonchev–Trinajstić information content (AvgIpc) is 3.25. The molecule has 0 fully saturated rings. The molecule has 2 aromatic carbocycles. The summed E-state index contributed by atoms with van der Waals surface area (Å²) in [5.41, 5.74) is 7.76. The number of nitrogens with one attached hydrogen (secondary N) is 2. The first-order chi connectivity index (χ1) is 14.6. The van der Waals surface area contributed by atoms with Crippen LogP contribution in [0.25, 0.3) is 10.9 Å². The molecule has 150 valence electrons. The van der Waals surface area contributed by atoms with Gasteiger partial charge in [-0.3, -0.25) is 9.59 Å². The van der Waals surface area contributed by atoms with Gasteiger partial charge in [-0.15, -0.1) is 0 Å². The Balaban J connectivity index is 1.59. The summed E-state index contributed by atoms with van der Waals surface area (Å²) in [6, 6.07) is 17.3. The molecule has 30 heavy (non-hydrogen) atoms. The van der Waals surface area contributed by atoms with Crippen molar-refractivity contribution in [2.45, 2.75) is 6.04 Å². The van der Waals surface area contributed by atoms with Crippen molar-refractivity contribution < 1.29 is 9.59 Å². The van der Waals surface area contributed by atoms with E-state index in [-0.39, 0.29) is 12.5 Å². The predicted octanol–water partition coefficient (Wildman–Crippen LogP) is 2.38. The molecule has 4 N–H and O–H groups in total. The Bertz CT molecular complexity index is 1120. The van der Waals surface area contributed by atoms with E-state index in [2.05, 4.69) is 20.3 Å². The molecule has 8 heteroatoms. The zero-order valence-corrected chi connectivity index (χ0v) is 16.0. The lowest BCUT2D eigenvalue weighted by Gasteiger charge is -2.26. The molecule has 0 saturated carbocycles. The van der Waals surface area contributed by atoms with E-state index in [0.717, 1.165) is 16.6 Å². The number of rotatable bonds is 7. The number of amides is 2. The van der Waals surface area contributed by atoms with Gasteiger partial charge in [0.25, 0.3) is 5.91 Å². The van der Waals surface area contributed by atoms with Crippen molar-refractivity contribution in [2.75, 3.05) is 11.4 Å². The molecule has 0 radical (unpaired) electrons. The molecule has 2 amide bonds. The Morgan fingerprint density at radius 2 is 1.80 bits per heavy atom. The first kappa shape index (κ1) is 19.1. The Kier molecular flexibility index (Phi) is 5.38. The second-order valence-corrected chi connectivity index (χ2v) is 6.70. The van der Waals surface area contributed by atoms with Crippen LogP contribution in [-0.4, -0.2) is 39.4 Å². The van der Waals surface area contributed by atoms with Gasteiger partial charge in [-0.25, -0.2) is 9.97 Å². The number of carbonyl (C=O) groups is 2. The van der Waals surface area contributed by atoms with Gasteiger partial charge in [0, 0.05) is 40.7 Å². The maximum Gasteiger partial charge on any atom is 0.252 e. The van der Waals surface area contributed by atoms with Crippen molar-refractivity contribution in [3.8, 4) is 0 Å². The van der Waals surface area contributed by atoms with Gasteiger partial charge in [0.2, 0.25) is 11.9 Å². The molecule has 0 aliphatic carbocycles. The number of nitrogens with two attached hydrogens (primary N) is 1. The van der Waals surface area contributed by atoms with Crippen molar-refractivity contribution in [3.63, 3.8) is 0 Å². The van der Waals surface area contributed by atoms with E-state index in [1.54, 1.807) is 41.7 Å². The number of anilines is 2. The second-order valence-electron chi connectivity index (χ2n) is 6.70. The molecular formula is C22H20N6O2. The van der Waals surface area contributed by atoms with Crippen molar-refractivity contribution >= 4 is 34.4 Å². The summed E-state index contributed by atoms with van der Waals surface area (Å²) in [7, 11) is 0. The van der Waals surface area contributed by atoms with Crippen LogP contribution in [0.5, 0.6) is 0 Å². The van der Waals surface area contributed by atoms with Crippen molar-refractivity contribution in [3.05, 3.63) is 84.8 Å². The summed E-state index contributed by atoms with van der Waals surface area (Å²) < 4.78 is 0. The van der Waals surface area contributed by atoms with E-state index < -0.39 is 11.9 Å². The summed E-state index contributed by atoms with van der Waals surface area (Å²) in [4.78, 5) is 38.4. The molecule has 0 bridgehead atoms. The van der Waals surface area contributed by atoms with Crippen LogP contribution in [0.4, 0.5) is 11.6 Å². The molecule has 0 unspecified atom stereocenters. The molecular weight excluding hydrogens is 380 g/mol. The molecule has 0 aliphatic heterocycles. The highest BCUT2D eigenvalue weighted by Gasteiger charge is 2.24. The van der Waals surface area contributed by atoms with Gasteiger partial charge in [0.05, 0.1) is 6.54 Å². The Morgan fingerprint density at radius 3 is 2.53 bits per heavy atom. The van der Waals surface area contributed by atoms with E-state index in [0.29, 0.717) is 11.5 Å². The lowest BCUT2D eigenvalue weighted by Crippen LogP contribution is -2.50. The normalized spacial score (nSPS) is 11.7. The summed E-state index contributed by atoms with van der Waals surface area (Å²) >= 11 is 0. The van der Waals surface area contributed by atoms with Crippen LogP contribution in [0.1, 0.15) is 10.4 Å². The minimum absolute atomic E-state index is 0.0848. The van der Waals surface area contributed by atoms with Gasteiger partial charge in [-0.2, -0.15) is 0 Å². The Labute approximate surface area is 172 Å². The number of benzene rings is 2. The van der Waals surface area contributed by atoms with Crippen LogP contribution in [0.15, 0.2) is 79.3 Å². The van der Waals surface area contributed by atoms with Crippen LogP contribution in [0, 0.1) is 0 Å². The molecule has 1 atom stereocenters. The largest absolute Gasteiger partial charge is 0.368 e. The van der Waals surface area contributed by atoms with Crippen LogP contribution < -0.4 is 16.0 Å². The van der Waals surface area contributed by atoms with E-state index in [9.17, 15) is 9.59 Å². The quantitative estimate of drug-likeness (QED) is 0.440. The number of hydrogen-bond acceptors (Lipinski definition) is 5. The molecule has 4 rings (SSSR count). The maximum absolute atomic E-state index is 12.8. The molecule has 2 aromatic heterocycles. The number of H-pyrrole nitrogens is 1. The monoisotopic (exact) mass is 400 g/mol. The van der Waals surface area contributed by atoms with Gasteiger partial charge < -0.3 is 20.9 Å². The van der Waals surface area contributed by atoms with Gasteiger partial charge in [0.15, 0.2) is 0 Å². The maximum atomic E-state index is 12.8. The fourth-order valence-electron chi connectivity index (χ4n) is 3.17. The van der Waals surface area contributed by atoms with Crippen LogP contribution in [0.3, 0.4) is 0 Å². The third kappa shape index (κ3) is 4.12. The topological polar surface area (TPSA) is 117 Å². The molecule has 2 heterocycles. The van der Waals surface area contributed by atoms with E-state index in [1.165, 1.54) is 0 Å². The van der Waals surface area contributed by atoms with E-state index >= 15 is 0 Å². The predicted molar refractivity (Wildman–Crippen MR) is 114 cm³/mol. The minimum atomic E-state index is -0.955. The zero-order valence-electron chi connectivity index (χ0n) is 16.0. The number of carbonyl (C=O) groups excluding carboxylic acids is 2. The third-order valence-corrected chi connectivity index (χ3v) is 4.69. The van der Waals surface area contributed by atoms with Crippen molar-refractivity contribution in [2.24, 2.45) is 5.73 Å². The van der Waals surface area contributed by atoms with Crippen molar-refractivity contribution in [1.82, 2.24) is 20.3 Å². The van der Waals surface area contributed by atoms with Gasteiger partial charge in [-0.05, 0) is 42.5 Å².